The molecule has 0 aliphatic heterocycles. The molecule has 20 heavy (non-hydrogen) atoms. The fourth-order valence-electron chi connectivity index (χ4n) is 0.684. The predicted molar refractivity (Wildman–Crippen MR) is 91.3 cm³/mol. The molecule has 0 aliphatic carbocycles. The molecule has 0 spiro atoms. The van der Waals surface area contributed by atoms with E-state index in [0.717, 1.165) is 0 Å². The van der Waals surface area contributed by atoms with Crippen molar-refractivity contribution in [3.63, 3.8) is 0 Å². The first kappa shape index (κ1) is 31.8. The van der Waals surface area contributed by atoms with Gasteiger partial charge in [-0.2, -0.15) is 72.8 Å². The van der Waals surface area contributed by atoms with Gasteiger partial charge in [0.25, 0.3) is 0 Å². The maximum Gasteiger partial charge on any atom is 0 e. The molecule has 0 saturated heterocycles. The van der Waals surface area contributed by atoms with E-state index in [9.17, 15) is 0 Å². The summed E-state index contributed by atoms with van der Waals surface area (Å²) < 4.78 is 0. The maximum absolute atomic E-state index is 2.89. The Bertz CT molecular complexity index is 181. The Morgan fingerprint density at radius 3 is 0.700 bits per heavy atom. The third kappa shape index (κ3) is 36.0. The Hall–Kier alpha value is -0.456. The third-order valence-electron chi connectivity index (χ3n) is 1.21. The van der Waals surface area contributed by atoms with E-state index in [4.69, 9.17) is 0 Å². The zero-order valence-electron chi connectivity index (χ0n) is 13.4. The van der Waals surface area contributed by atoms with Gasteiger partial charge in [-0.3, -0.25) is 0 Å². The van der Waals surface area contributed by atoms with Gasteiger partial charge in [0.15, 0.2) is 0 Å². The van der Waals surface area contributed by atoms with Crippen LogP contribution in [0.2, 0.25) is 0 Å². The molecule has 0 nitrogen and oxygen atoms in total. The van der Waals surface area contributed by atoms with E-state index in [0.29, 0.717) is 0 Å². The number of hydrogen-bond donors (Lipinski definition) is 0. The van der Waals surface area contributed by atoms with Gasteiger partial charge in [-0.1, -0.05) is 49.0 Å². The SMILES string of the molecule is C.CC.CC.CC.[Y].[c-]1ccccc1.[c-]1ccccc1. The van der Waals surface area contributed by atoms with Crippen molar-refractivity contribution in [2.45, 2.75) is 49.0 Å². The number of rotatable bonds is 0. The van der Waals surface area contributed by atoms with Crippen molar-refractivity contribution in [1.29, 1.82) is 0 Å². The van der Waals surface area contributed by atoms with E-state index in [1.54, 1.807) is 0 Å². The Morgan fingerprint density at radius 1 is 0.450 bits per heavy atom. The topological polar surface area (TPSA) is 0 Å². The summed E-state index contributed by atoms with van der Waals surface area (Å²) in [6.07, 6.45) is 0. The summed E-state index contributed by atoms with van der Waals surface area (Å²) in [4.78, 5) is 0. The Balaban J connectivity index is -0.0000000512. The van der Waals surface area contributed by atoms with E-state index in [-0.39, 0.29) is 40.1 Å². The Labute approximate surface area is 153 Å². The van der Waals surface area contributed by atoms with Gasteiger partial charge in [-0.05, 0) is 0 Å². The quantitative estimate of drug-likeness (QED) is 0.465. The Morgan fingerprint density at radius 2 is 0.650 bits per heavy atom. The van der Waals surface area contributed by atoms with Crippen LogP contribution in [0.4, 0.5) is 0 Å². The minimum atomic E-state index is 0. The Kier molecular flexibility index (Phi) is 68.0. The molecule has 113 valence electrons. The molecule has 2 rings (SSSR count). The van der Waals surface area contributed by atoms with Crippen molar-refractivity contribution in [2.24, 2.45) is 0 Å². The summed E-state index contributed by atoms with van der Waals surface area (Å²) in [6, 6.07) is 25.0. The van der Waals surface area contributed by atoms with Gasteiger partial charge in [0.05, 0.1) is 0 Å². The van der Waals surface area contributed by atoms with Crippen LogP contribution in [0.1, 0.15) is 49.0 Å². The van der Waals surface area contributed by atoms with Crippen LogP contribution in [0, 0.1) is 12.1 Å². The molecule has 1 radical (unpaired) electrons. The van der Waals surface area contributed by atoms with E-state index >= 15 is 0 Å². The van der Waals surface area contributed by atoms with Crippen LogP contribution in [0.25, 0.3) is 0 Å². The zero-order chi connectivity index (χ0) is 14.5. The van der Waals surface area contributed by atoms with Crippen molar-refractivity contribution in [3.8, 4) is 0 Å². The second-order valence-electron chi connectivity index (χ2n) is 2.15. The van der Waals surface area contributed by atoms with Crippen molar-refractivity contribution in [2.75, 3.05) is 0 Å². The minimum Gasteiger partial charge on any atom is -0.184 e. The molecule has 2 aromatic carbocycles. The molecule has 0 unspecified atom stereocenters. The van der Waals surface area contributed by atoms with Crippen LogP contribution in [-0.2, 0) is 32.7 Å². The molecule has 0 atom stereocenters. The van der Waals surface area contributed by atoms with Crippen LogP contribution in [0.15, 0.2) is 60.7 Å². The molecule has 0 aromatic heterocycles. The van der Waals surface area contributed by atoms with Crippen LogP contribution in [0.3, 0.4) is 0 Å². The molecular formula is C19H32Y-2. The van der Waals surface area contributed by atoms with E-state index in [1.807, 2.05) is 102 Å². The molecule has 0 heterocycles. The van der Waals surface area contributed by atoms with Gasteiger partial charge in [0.1, 0.15) is 0 Å². The van der Waals surface area contributed by atoms with E-state index in [2.05, 4.69) is 12.1 Å². The summed E-state index contributed by atoms with van der Waals surface area (Å²) in [5, 5.41) is 0. The van der Waals surface area contributed by atoms with Crippen LogP contribution < -0.4 is 0 Å². The summed E-state index contributed by atoms with van der Waals surface area (Å²) in [5.41, 5.74) is 0. The molecule has 0 amide bonds. The molecule has 2 aromatic rings. The summed E-state index contributed by atoms with van der Waals surface area (Å²) >= 11 is 0. The monoisotopic (exact) mass is 349 g/mol. The van der Waals surface area contributed by atoms with Crippen molar-refractivity contribution in [1.82, 2.24) is 0 Å². The normalized spacial score (nSPS) is 5.70. The molecule has 1 heteroatoms. The van der Waals surface area contributed by atoms with Crippen molar-refractivity contribution >= 4 is 0 Å². The fraction of sp³-hybridized carbons (Fsp3) is 0.368. The van der Waals surface area contributed by atoms with Crippen molar-refractivity contribution < 1.29 is 32.7 Å². The molecule has 0 N–H and O–H groups in total. The first-order chi connectivity index (χ1) is 9.00. The summed E-state index contributed by atoms with van der Waals surface area (Å²) in [5.74, 6) is 0. The van der Waals surface area contributed by atoms with Gasteiger partial charge >= 0.3 is 0 Å². The zero-order valence-corrected chi connectivity index (χ0v) is 16.2. The standard InChI is InChI=1S/2C6H5.3C2H6.CH4.Y/c2*1-2-4-6-5-3-1;3*1-2;;/h2*1-5H;3*1-2H3;1H4;/q2*-1;;;;;. The van der Waals surface area contributed by atoms with E-state index in [1.165, 1.54) is 0 Å². The van der Waals surface area contributed by atoms with Gasteiger partial charge < -0.3 is 0 Å². The summed E-state index contributed by atoms with van der Waals surface area (Å²) in [7, 11) is 0. The fourth-order valence-corrected chi connectivity index (χ4v) is 0.684. The van der Waals surface area contributed by atoms with Crippen molar-refractivity contribution in [3.05, 3.63) is 72.8 Å². The second kappa shape index (κ2) is 42.8. The van der Waals surface area contributed by atoms with Gasteiger partial charge in [0, 0.05) is 32.7 Å². The maximum atomic E-state index is 2.89. The average molecular weight is 349 g/mol. The van der Waals surface area contributed by atoms with Crippen LogP contribution >= 0.6 is 0 Å². The van der Waals surface area contributed by atoms with Gasteiger partial charge in [-0.25, -0.2) is 0 Å². The molecule has 0 aliphatic rings. The molecule has 0 saturated carbocycles. The molecule has 0 fully saturated rings. The van der Waals surface area contributed by atoms with E-state index < -0.39 is 0 Å². The van der Waals surface area contributed by atoms with Gasteiger partial charge in [0.2, 0.25) is 0 Å². The largest absolute Gasteiger partial charge is 0.184 e. The first-order valence-electron chi connectivity index (χ1n) is 6.82. The number of benzene rings is 2. The third-order valence-corrected chi connectivity index (χ3v) is 1.21. The van der Waals surface area contributed by atoms with Crippen LogP contribution in [0.5, 0.6) is 0 Å². The smallest absolute Gasteiger partial charge is 0 e. The molecular weight excluding hydrogens is 317 g/mol. The van der Waals surface area contributed by atoms with Crippen LogP contribution in [-0.4, -0.2) is 0 Å². The number of hydrogen-bond acceptors (Lipinski definition) is 0. The molecule has 0 bridgehead atoms. The minimum absolute atomic E-state index is 0. The summed E-state index contributed by atoms with van der Waals surface area (Å²) in [6.45, 7) is 12.0. The van der Waals surface area contributed by atoms with Gasteiger partial charge in [-0.15, -0.1) is 0 Å². The first-order valence-corrected chi connectivity index (χ1v) is 6.82. The second-order valence-corrected chi connectivity index (χ2v) is 2.15. The predicted octanol–water partition coefficient (Wildman–Crippen LogP) is 6.69. The average Bonchev–Trinajstić information content (AvgIpc) is 2.57.